The zero-order valence-corrected chi connectivity index (χ0v) is 11.8. The van der Waals surface area contributed by atoms with Gasteiger partial charge in [-0.3, -0.25) is 14.9 Å². The van der Waals surface area contributed by atoms with Crippen LogP contribution in [0.3, 0.4) is 0 Å². The fourth-order valence-electron chi connectivity index (χ4n) is 1.88. The molecule has 0 aliphatic heterocycles. The van der Waals surface area contributed by atoms with Crippen LogP contribution in [-0.2, 0) is 11.3 Å². The molecule has 0 aliphatic carbocycles. The van der Waals surface area contributed by atoms with E-state index in [-0.39, 0.29) is 23.4 Å². The molecule has 0 bridgehead atoms. The standard InChI is InChI=1S/C16H12F2N2O3/c17-13-6-7-14(18)12(9-13)10-19-16(21)8-5-11-3-1-2-4-15(11)20(22)23/h1-9H,10H2,(H,19,21)/b8-5+. The smallest absolute Gasteiger partial charge is 0.276 e. The van der Waals surface area contributed by atoms with Gasteiger partial charge < -0.3 is 5.32 Å². The van der Waals surface area contributed by atoms with Crippen LogP contribution in [0, 0.1) is 21.7 Å². The van der Waals surface area contributed by atoms with E-state index >= 15 is 0 Å². The molecular weight excluding hydrogens is 306 g/mol. The maximum Gasteiger partial charge on any atom is 0.276 e. The molecule has 7 heteroatoms. The number of nitrogens with zero attached hydrogens (tertiary/aromatic N) is 1. The van der Waals surface area contributed by atoms with Crippen molar-refractivity contribution in [2.75, 3.05) is 0 Å². The van der Waals surface area contributed by atoms with Gasteiger partial charge in [0.1, 0.15) is 11.6 Å². The topological polar surface area (TPSA) is 72.2 Å². The largest absolute Gasteiger partial charge is 0.348 e. The molecule has 1 amide bonds. The molecule has 5 nitrogen and oxygen atoms in total. The first kappa shape index (κ1) is 16.3. The van der Waals surface area contributed by atoms with Crippen molar-refractivity contribution in [1.29, 1.82) is 0 Å². The van der Waals surface area contributed by atoms with E-state index in [0.717, 1.165) is 24.3 Å². The highest BCUT2D eigenvalue weighted by atomic mass is 19.1. The third kappa shape index (κ3) is 4.44. The van der Waals surface area contributed by atoms with Crippen molar-refractivity contribution >= 4 is 17.7 Å². The Morgan fingerprint density at radius 3 is 2.70 bits per heavy atom. The lowest BCUT2D eigenvalue weighted by Crippen LogP contribution is -2.21. The lowest BCUT2D eigenvalue weighted by atomic mass is 10.1. The molecule has 2 aromatic carbocycles. The van der Waals surface area contributed by atoms with Crippen LogP contribution >= 0.6 is 0 Å². The second-order valence-corrected chi connectivity index (χ2v) is 4.60. The van der Waals surface area contributed by atoms with Crippen molar-refractivity contribution < 1.29 is 18.5 Å². The molecule has 0 atom stereocenters. The second kappa shape index (κ2) is 7.26. The molecule has 0 radical (unpaired) electrons. The lowest BCUT2D eigenvalue weighted by molar-refractivity contribution is -0.385. The van der Waals surface area contributed by atoms with E-state index < -0.39 is 22.5 Å². The molecule has 2 aromatic rings. The number of para-hydroxylation sites is 1. The summed E-state index contributed by atoms with van der Waals surface area (Å²) in [6.45, 7) is -0.191. The summed E-state index contributed by atoms with van der Waals surface area (Å²) >= 11 is 0. The molecule has 0 saturated heterocycles. The van der Waals surface area contributed by atoms with Crippen LogP contribution in [0.1, 0.15) is 11.1 Å². The average Bonchev–Trinajstić information content (AvgIpc) is 2.54. The summed E-state index contributed by atoms with van der Waals surface area (Å²) in [7, 11) is 0. The number of nitrogens with one attached hydrogen (secondary N) is 1. The summed E-state index contributed by atoms with van der Waals surface area (Å²) < 4.78 is 26.4. The van der Waals surface area contributed by atoms with Gasteiger partial charge in [-0.15, -0.1) is 0 Å². The van der Waals surface area contributed by atoms with E-state index in [1.807, 2.05) is 0 Å². The number of halogens is 2. The summed E-state index contributed by atoms with van der Waals surface area (Å²) in [4.78, 5) is 22.0. The fraction of sp³-hybridized carbons (Fsp3) is 0.0625. The first-order valence-corrected chi connectivity index (χ1v) is 6.60. The van der Waals surface area contributed by atoms with E-state index in [1.165, 1.54) is 24.3 Å². The Bertz CT molecular complexity index is 776. The maximum absolute atomic E-state index is 13.4. The highest BCUT2D eigenvalue weighted by molar-refractivity contribution is 5.92. The SMILES string of the molecule is O=C(/C=C/c1ccccc1[N+](=O)[O-])NCc1cc(F)ccc1F. The summed E-state index contributed by atoms with van der Waals surface area (Å²) in [6.07, 6.45) is 2.38. The van der Waals surface area contributed by atoms with Crippen LogP contribution < -0.4 is 5.32 Å². The molecule has 118 valence electrons. The summed E-state index contributed by atoms with van der Waals surface area (Å²) in [6, 6.07) is 8.87. The first-order chi connectivity index (χ1) is 11.0. The van der Waals surface area contributed by atoms with E-state index in [1.54, 1.807) is 6.07 Å². The zero-order valence-electron chi connectivity index (χ0n) is 11.8. The van der Waals surface area contributed by atoms with Crippen molar-refractivity contribution in [1.82, 2.24) is 5.32 Å². The molecule has 23 heavy (non-hydrogen) atoms. The molecule has 0 aliphatic rings. The number of carbonyl (C=O) groups excluding carboxylic acids is 1. The number of hydrogen-bond donors (Lipinski definition) is 1. The van der Waals surface area contributed by atoms with Gasteiger partial charge in [0.05, 0.1) is 10.5 Å². The Balaban J connectivity index is 2.02. The third-order valence-electron chi connectivity index (χ3n) is 3.01. The number of hydrogen-bond acceptors (Lipinski definition) is 3. The van der Waals surface area contributed by atoms with Crippen molar-refractivity contribution in [3.05, 3.63) is 81.4 Å². The predicted molar refractivity (Wildman–Crippen MR) is 80.3 cm³/mol. The summed E-state index contributed by atoms with van der Waals surface area (Å²) in [5, 5.41) is 13.2. The fourth-order valence-corrected chi connectivity index (χ4v) is 1.88. The van der Waals surface area contributed by atoms with Crippen molar-refractivity contribution in [3.63, 3.8) is 0 Å². The highest BCUT2D eigenvalue weighted by Gasteiger charge is 2.10. The van der Waals surface area contributed by atoms with Gasteiger partial charge in [0, 0.05) is 24.3 Å². The van der Waals surface area contributed by atoms with E-state index in [0.29, 0.717) is 0 Å². The van der Waals surface area contributed by atoms with Crippen LogP contribution in [0.25, 0.3) is 6.08 Å². The van der Waals surface area contributed by atoms with Crippen LogP contribution in [-0.4, -0.2) is 10.8 Å². The Hall–Kier alpha value is -3.09. The molecule has 0 aromatic heterocycles. The van der Waals surface area contributed by atoms with Crippen LogP contribution in [0.4, 0.5) is 14.5 Å². The number of benzene rings is 2. The minimum atomic E-state index is -0.630. The Morgan fingerprint density at radius 1 is 1.22 bits per heavy atom. The maximum atomic E-state index is 13.4. The number of amides is 1. The Labute approximate surface area is 130 Å². The van der Waals surface area contributed by atoms with Gasteiger partial charge in [0.2, 0.25) is 5.91 Å². The molecule has 2 rings (SSSR count). The normalized spacial score (nSPS) is 10.7. The molecule has 0 spiro atoms. The number of carbonyl (C=O) groups is 1. The second-order valence-electron chi connectivity index (χ2n) is 4.60. The van der Waals surface area contributed by atoms with Crippen LogP contribution in [0.2, 0.25) is 0 Å². The average molecular weight is 318 g/mol. The van der Waals surface area contributed by atoms with Crippen LogP contribution in [0.5, 0.6) is 0 Å². The van der Waals surface area contributed by atoms with Crippen molar-refractivity contribution in [2.45, 2.75) is 6.54 Å². The van der Waals surface area contributed by atoms with E-state index in [9.17, 15) is 23.7 Å². The third-order valence-corrected chi connectivity index (χ3v) is 3.01. The molecule has 0 saturated carbocycles. The Morgan fingerprint density at radius 2 is 1.96 bits per heavy atom. The van der Waals surface area contributed by atoms with Crippen molar-refractivity contribution in [2.24, 2.45) is 0 Å². The monoisotopic (exact) mass is 318 g/mol. The van der Waals surface area contributed by atoms with Gasteiger partial charge in [-0.05, 0) is 30.3 Å². The van der Waals surface area contributed by atoms with E-state index in [2.05, 4.69) is 5.32 Å². The molecule has 0 fully saturated rings. The lowest BCUT2D eigenvalue weighted by Gasteiger charge is -2.04. The molecule has 0 heterocycles. The first-order valence-electron chi connectivity index (χ1n) is 6.60. The Kier molecular flexibility index (Phi) is 5.14. The molecule has 0 unspecified atom stereocenters. The molecular formula is C16H12F2N2O3. The number of rotatable bonds is 5. The van der Waals surface area contributed by atoms with Gasteiger partial charge in [0.15, 0.2) is 0 Å². The van der Waals surface area contributed by atoms with Gasteiger partial charge in [-0.2, -0.15) is 0 Å². The number of nitro benzene ring substituents is 1. The minimum Gasteiger partial charge on any atom is -0.348 e. The van der Waals surface area contributed by atoms with Gasteiger partial charge >= 0.3 is 0 Å². The highest BCUT2D eigenvalue weighted by Crippen LogP contribution is 2.18. The predicted octanol–water partition coefficient (Wildman–Crippen LogP) is 3.20. The minimum absolute atomic E-state index is 0.0115. The summed E-state index contributed by atoms with van der Waals surface area (Å²) in [5.41, 5.74) is 0.148. The van der Waals surface area contributed by atoms with Crippen molar-refractivity contribution in [3.8, 4) is 0 Å². The van der Waals surface area contributed by atoms with E-state index in [4.69, 9.17) is 0 Å². The number of nitro groups is 1. The van der Waals surface area contributed by atoms with Crippen LogP contribution in [0.15, 0.2) is 48.5 Å². The quantitative estimate of drug-likeness (QED) is 0.523. The van der Waals surface area contributed by atoms with Gasteiger partial charge in [-0.25, -0.2) is 8.78 Å². The summed E-state index contributed by atoms with van der Waals surface area (Å²) in [5.74, 6) is -1.81. The van der Waals surface area contributed by atoms with Gasteiger partial charge in [0.25, 0.3) is 5.69 Å². The van der Waals surface area contributed by atoms with Gasteiger partial charge in [-0.1, -0.05) is 12.1 Å². The molecule has 1 N–H and O–H groups in total. The zero-order chi connectivity index (χ0) is 16.8.